The van der Waals surface area contributed by atoms with Crippen molar-refractivity contribution in [3.8, 4) is 55.8 Å². The van der Waals surface area contributed by atoms with Crippen molar-refractivity contribution in [3.05, 3.63) is 224 Å². The van der Waals surface area contributed by atoms with E-state index in [-0.39, 0.29) is 0 Å². The lowest BCUT2D eigenvalue weighted by Gasteiger charge is -2.28. The molecule has 1 heterocycles. The maximum Gasteiger partial charge on any atom is 0.143 e. The number of nitrogens with zero attached hydrogens (tertiary/aromatic N) is 1. The lowest BCUT2D eigenvalue weighted by atomic mass is 9.93. The molecule has 0 saturated carbocycles. The number of para-hydroxylation sites is 2. The van der Waals surface area contributed by atoms with Crippen molar-refractivity contribution in [1.29, 1.82) is 0 Å². The Hall–Kier alpha value is -7.42. The van der Waals surface area contributed by atoms with Crippen LogP contribution in [-0.2, 0) is 0 Å². The summed E-state index contributed by atoms with van der Waals surface area (Å²) < 4.78 is 6.69. The fourth-order valence-corrected chi connectivity index (χ4v) is 8.07. The summed E-state index contributed by atoms with van der Waals surface area (Å²) in [4.78, 5) is 2.37. The first kappa shape index (κ1) is 33.2. The van der Waals surface area contributed by atoms with Crippen molar-refractivity contribution in [2.45, 2.75) is 0 Å². The number of anilines is 3. The van der Waals surface area contributed by atoms with Gasteiger partial charge in [-0.1, -0.05) is 188 Å². The number of benzene rings is 9. The Morgan fingerprint density at radius 1 is 0.304 bits per heavy atom. The van der Waals surface area contributed by atoms with E-state index in [1.54, 1.807) is 0 Å². The summed E-state index contributed by atoms with van der Waals surface area (Å²) in [5, 5.41) is 3.60. The first-order chi connectivity index (χ1) is 27.8. The van der Waals surface area contributed by atoms with Crippen molar-refractivity contribution < 1.29 is 4.42 Å². The van der Waals surface area contributed by atoms with Crippen molar-refractivity contribution in [1.82, 2.24) is 0 Å². The molecule has 0 aliphatic rings. The van der Waals surface area contributed by atoms with E-state index >= 15 is 0 Å². The SMILES string of the molecule is c1ccc(-c2ccccc2N(c2ccc(-c3ccccc3-c3oc4ccccc4c3-c3ccccc3)cc2)c2ccc(-c3cccc4ccccc34)cc2)cc1. The molecule has 0 N–H and O–H groups in total. The molecule has 2 heteroatoms. The summed E-state index contributed by atoms with van der Waals surface area (Å²) >= 11 is 0. The Labute approximate surface area is 327 Å². The van der Waals surface area contributed by atoms with Gasteiger partial charge in [0.1, 0.15) is 11.3 Å². The quantitative estimate of drug-likeness (QED) is 0.156. The second-order valence-electron chi connectivity index (χ2n) is 14.1. The lowest BCUT2D eigenvalue weighted by molar-refractivity contribution is 0.632. The van der Waals surface area contributed by atoms with Crippen LogP contribution in [-0.4, -0.2) is 0 Å². The van der Waals surface area contributed by atoms with Crippen LogP contribution in [0.2, 0.25) is 0 Å². The minimum atomic E-state index is 0.877. The average molecular weight is 716 g/mol. The van der Waals surface area contributed by atoms with E-state index < -0.39 is 0 Å². The molecule has 0 atom stereocenters. The van der Waals surface area contributed by atoms with Crippen LogP contribution in [0.5, 0.6) is 0 Å². The highest BCUT2D eigenvalue weighted by Crippen LogP contribution is 2.46. The van der Waals surface area contributed by atoms with Crippen LogP contribution in [0, 0.1) is 0 Å². The molecule has 9 aromatic carbocycles. The molecule has 0 fully saturated rings. The fourth-order valence-electron chi connectivity index (χ4n) is 8.07. The van der Waals surface area contributed by atoms with Gasteiger partial charge in [-0.2, -0.15) is 0 Å². The smallest absolute Gasteiger partial charge is 0.143 e. The van der Waals surface area contributed by atoms with Gasteiger partial charge < -0.3 is 9.32 Å². The van der Waals surface area contributed by atoms with E-state index in [9.17, 15) is 0 Å². The molecule has 0 unspecified atom stereocenters. The van der Waals surface area contributed by atoms with E-state index in [4.69, 9.17) is 4.42 Å². The van der Waals surface area contributed by atoms with Crippen LogP contribution >= 0.6 is 0 Å². The number of furan rings is 1. The number of rotatable bonds is 8. The average Bonchev–Trinajstić information content (AvgIpc) is 3.67. The normalized spacial score (nSPS) is 11.2. The Balaban J connectivity index is 1.09. The molecule has 2 nitrogen and oxygen atoms in total. The Kier molecular flexibility index (Phi) is 8.55. The van der Waals surface area contributed by atoms with E-state index in [0.717, 1.165) is 61.6 Å². The summed E-state index contributed by atoms with van der Waals surface area (Å²) in [6, 6.07) is 79.8. The molecule has 0 saturated heterocycles. The molecule has 0 aliphatic carbocycles. The number of fused-ring (bicyclic) bond motifs is 2. The van der Waals surface area contributed by atoms with E-state index in [0.29, 0.717) is 0 Å². The molecular formula is C54H37NO. The zero-order chi connectivity index (χ0) is 37.3. The van der Waals surface area contributed by atoms with E-state index in [2.05, 4.69) is 223 Å². The number of hydrogen-bond acceptors (Lipinski definition) is 2. The predicted molar refractivity (Wildman–Crippen MR) is 236 cm³/mol. The maximum absolute atomic E-state index is 6.69. The van der Waals surface area contributed by atoms with Crippen molar-refractivity contribution in [2.24, 2.45) is 0 Å². The van der Waals surface area contributed by atoms with Gasteiger partial charge in [0.15, 0.2) is 0 Å². The summed E-state index contributed by atoms with van der Waals surface area (Å²) in [5.74, 6) is 0.877. The minimum absolute atomic E-state index is 0.877. The van der Waals surface area contributed by atoms with Crippen molar-refractivity contribution in [2.75, 3.05) is 4.90 Å². The fraction of sp³-hybridized carbons (Fsp3) is 0. The molecule has 264 valence electrons. The third-order valence-electron chi connectivity index (χ3n) is 10.7. The summed E-state index contributed by atoms with van der Waals surface area (Å²) in [6.07, 6.45) is 0. The van der Waals surface area contributed by atoms with Crippen LogP contribution < -0.4 is 4.90 Å². The number of hydrogen-bond donors (Lipinski definition) is 0. The highest BCUT2D eigenvalue weighted by Gasteiger charge is 2.21. The van der Waals surface area contributed by atoms with Crippen molar-refractivity contribution in [3.63, 3.8) is 0 Å². The van der Waals surface area contributed by atoms with E-state index in [1.165, 1.54) is 33.0 Å². The molecule has 0 spiro atoms. The molecule has 0 aliphatic heterocycles. The van der Waals surface area contributed by atoms with Gasteiger partial charge in [-0.05, 0) is 80.6 Å². The van der Waals surface area contributed by atoms with Crippen LogP contribution in [0.15, 0.2) is 229 Å². The second-order valence-corrected chi connectivity index (χ2v) is 14.1. The van der Waals surface area contributed by atoms with Crippen LogP contribution in [0.1, 0.15) is 0 Å². The molecule has 1 aromatic heterocycles. The van der Waals surface area contributed by atoms with Gasteiger partial charge >= 0.3 is 0 Å². The third kappa shape index (κ3) is 6.04. The zero-order valence-electron chi connectivity index (χ0n) is 30.7. The van der Waals surface area contributed by atoms with Gasteiger partial charge in [-0.3, -0.25) is 0 Å². The van der Waals surface area contributed by atoms with Gasteiger partial charge in [0.05, 0.1) is 5.69 Å². The van der Waals surface area contributed by atoms with Gasteiger partial charge in [0.2, 0.25) is 0 Å². The van der Waals surface area contributed by atoms with Gasteiger partial charge in [0, 0.05) is 33.5 Å². The molecule has 0 bridgehead atoms. The Morgan fingerprint density at radius 3 is 1.50 bits per heavy atom. The Bertz CT molecular complexity index is 2940. The van der Waals surface area contributed by atoms with Crippen molar-refractivity contribution >= 4 is 38.8 Å². The molecule has 10 rings (SSSR count). The van der Waals surface area contributed by atoms with Crippen LogP contribution in [0.3, 0.4) is 0 Å². The second kappa shape index (κ2) is 14.4. The monoisotopic (exact) mass is 715 g/mol. The topological polar surface area (TPSA) is 16.4 Å². The highest BCUT2D eigenvalue weighted by molar-refractivity contribution is 6.04. The summed E-state index contributed by atoms with van der Waals surface area (Å²) in [7, 11) is 0. The van der Waals surface area contributed by atoms with Crippen LogP contribution in [0.4, 0.5) is 17.1 Å². The Morgan fingerprint density at radius 2 is 0.786 bits per heavy atom. The standard InChI is InChI=1S/C54H37NO/c1-3-16-39(17-4-1)48-24-11-13-28-51(48)55(43-34-30-40(31-35-43)46-27-15-21-38-18-7-8-22-45(38)46)44-36-32-41(33-37-44)47-23-9-10-25-49(47)54-53(42-19-5-2-6-20-42)50-26-12-14-29-52(50)56-54/h1-37H. The van der Waals surface area contributed by atoms with Crippen LogP contribution in [0.25, 0.3) is 77.6 Å². The first-order valence-corrected chi connectivity index (χ1v) is 19.1. The van der Waals surface area contributed by atoms with Gasteiger partial charge in [0.25, 0.3) is 0 Å². The maximum atomic E-state index is 6.69. The summed E-state index contributed by atoms with van der Waals surface area (Å²) in [6.45, 7) is 0. The third-order valence-corrected chi connectivity index (χ3v) is 10.7. The van der Waals surface area contributed by atoms with E-state index in [1.807, 2.05) is 6.07 Å². The molecule has 0 radical (unpaired) electrons. The molecule has 0 amide bonds. The first-order valence-electron chi connectivity index (χ1n) is 19.1. The molecule has 56 heavy (non-hydrogen) atoms. The lowest BCUT2D eigenvalue weighted by Crippen LogP contribution is -2.11. The van der Waals surface area contributed by atoms with Gasteiger partial charge in [-0.25, -0.2) is 0 Å². The molecular weight excluding hydrogens is 679 g/mol. The highest BCUT2D eigenvalue weighted by atomic mass is 16.3. The van der Waals surface area contributed by atoms with Gasteiger partial charge in [-0.15, -0.1) is 0 Å². The minimum Gasteiger partial charge on any atom is -0.455 e. The predicted octanol–water partition coefficient (Wildman–Crippen LogP) is 15.4. The largest absolute Gasteiger partial charge is 0.455 e. The molecule has 10 aromatic rings. The zero-order valence-corrected chi connectivity index (χ0v) is 30.7. The summed E-state index contributed by atoms with van der Waals surface area (Å²) in [5.41, 5.74) is 14.4.